The molecular formula is C14H20BrN3O2. The van der Waals surface area contributed by atoms with Crippen LogP contribution >= 0.6 is 15.9 Å². The first-order valence-corrected chi connectivity index (χ1v) is 7.35. The molecule has 6 heteroatoms. The first-order valence-electron chi connectivity index (χ1n) is 6.56. The minimum absolute atomic E-state index is 0.0578. The zero-order valence-corrected chi connectivity index (χ0v) is 13.3. The molecule has 5 nitrogen and oxygen atoms in total. The topological polar surface area (TPSA) is 84.2 Å². The van der Waals surface area contributed by atoms with Crippen LogP contribution in [0, 0.1) is 6.92 Å². The highest BCUT2D eigenvalue weighted by Crippen LogP contribution is 2.22. The molecule has 0 heterocycles. The molecule has 20 heavy (non-hydrogen) atoms. The van der Waals surface area contributed by atoms with Crippen molar-refractivity contribution in [2.75, 3.05) is 18.8 Å². The maximum absolute atomic E-state index is 12.0. The number of hydrogen-bond acceptors (Lipinski definition) is 3. The van der Waals surface area contributed by atoms with Crippen LogP contribution in [0.15, 0.2) is 16.6 Å². The van der Waals surface area contributed by atoms with E-state index in [0.717, 1.165) is 16.5 Å². The molecule has 4 N–H and O–H groups in total. The van der Waals surface area contributed by atoms with Crippen LogP contribution in [0.4, 0.5) is 5.69 Å². The van der Waals surface area contributed by atoms with E-state index in [4.69, 9.17) is 5.73 Å². The first-order chi connectivity index (χ1) is 9.45. The summed E-state index contributed by atoms with van der Waals surface area (Å²) < 4.78 is 0.756. The predicted octanol–water partition coefficient (Wildman–Crippen LogP) is 1.99. The molecule has 0 unspecified atom stereocenters. The normalized spacial score (nSPS) is 10.2. The summed E-state index contributed by atoms with van der Waals surface area (Å²) >= 11 is 3.31. The molecule has 0 aliphatic heterocycles. The van der Waals surface area contributed by atoms with Crippen LogP contribution in [0.3, 0.4) is 0 Å². The van der Waals surface area contributed by atoms with Crippen molar-refractivity contribution in [3.63, 3.8) is 0 Å². The predicted molar refractivity (Wildman–Crippen MR) is 83.5 cm³/mol. The molecule has 1 rings (SSSR count). The number of anilines is 1. The highest BCUT2D eigenvalue weighted by Gasteiger charge is 2.12. The van der Waals surface area contributed by atoms with Crippen molar-refractivity contribution < 1.29 is 9.59 Å². The fourth-order valence-corrected chi connectivity index (χ4v) is 2.15. The molecule has 0 bridgehead atoms. The van der Waals surface area contributed by atoms with E-state index in [0.29, 0.717) is 24.3 Å². The maximum Gasteiger partial charge on any atom is 0.251 e. The van der Waals surface area contributed by atoms with Crippen molar-refractivity contribution in [3.8, 4) is 0 Å². The number of carbonyl (C=O) groups is 2. The zero-order chi connectivity index (χ0) is 15.1. The summed E-state index contributed by atoms with van der Waals surface area (Å²) in [5, 5.41) is 5.48. The molecule has 0 atom stereocenters. The summed E-state index contributed by atoms with van der Waals surface area (Å²) in [6, 6.07) is 3.47. The van der Waals surface area contributed by atoms with E-state index < -0.39 is 0 Å². The van der Waals surface area contributed by atoms with Gasteiger partial charge in [-0.3, -0.25) is 9.59 Å². The lowest BCUT2D eigenvalue weighted by atomic mass is 10.1. The molecule has 0 saturated carbocycles. The van der Waals surface area contributed by atoms with Gasteiger partial charge in [-0.1, -0.05) is 22.9 Å². The molecule has 0 radical (unpaired) electrons. The Kier molecular flexibility index (Phi) is 6.51. The van der Waals surface area contributed by atoms with E-state index >= 15 is 0 Å². The third-order valence-corrected chi connectivity index (χ3v) is 3.32. The van der Waals surface area contributed by atoms with Gasteiger partial charge in [0.25, 0.3) is 5.91 Å². The quantitative estimate of drug-likeness (QED) is 0.691. The number of hydrogen-bond donors (Lipinski definition) is 3. The molecule has 1 aromatic carbocycles. The molecule has 0 spiro atoms. The highest BCUT2D eigenvalue weighted by atomic mass is 79.9. The van der Waals surface area contributed by atoms with Crippen molar-refractivity contribution in [2.45, 2.75) is 26.7 Å². The van der Waals surface area contributed by atoms with Gasteiger partial charge in [0, 0.05) is 35.2 Å². The fourth-order valence-electron chi connectivity index (χ4n) is 1.67. The van der Waals surface area contributed by atoms with Crippen LogP contribution in [0.5, 0.6) is 0 Å². The van der Waals surface area contributed by atoms with Crippen molar-refractivity contribution >= 4 is 33.4 Å². The Balaban J connectivity index is 2.54. The molecule has 110 valence electrons. The van der Waals surface area contributed by atoms with Gasteiger partial charge >= 0.3 is 0 Å². The third-order valence-electron chi connectivity index (χ3n) is 2.87. The third kappa shape index (κ3) is 4.85. The highest BCUT2D eigenvalue weighted by molar-refractivity contribution is 9.10. The van der Waals surface area contributed by atoms with Crippen molar-refractivity contribution in [1.29, 1.82) is 0 Å². The summed E-state index contributed by atoms with van der Waals surface area (Å²) in [7, 11) is 0. The summed E-state index contributed by atoms with van der Waals surface area (Å²) in [5.41, 5.74) is 7.63. The van der Waals surface area contributed by atoms with E-state index in [1.807, 2.05) is 6.92 Å². The summed E-state index contributed by atoms with van der Waals surface area (Å²) in [4.78, 5) is 23.5. The number of carbonyl (C=O) groups excluding carboxylic acids is 2. The van der Waals surface area contributed by atoms with Gasteiger partial charge in [0.1, 0.15) is 0 Å². The lowest BCUT2D eigenvalue weighted by Gasteiger charge is -2.10. The second-order valence-corrected chi connectivity index (χ2v) is 5.44. The molecule has 2 amide bonds. The van der Waals surface area contributed by atoms with Gasteiger partial charge in [0.2, 0.25) is 5.91 Å². The van der Waals surface area contributed by atoms with Crippen LogP contribution in [0.2, 0.25) is 0 Å². The molecule has 0 aliphatic rings. The summed E-state index contributed by atoms with van der Waals surface area (Å²) in [5.74, 6) is -0.281. The molecule has 0 saturated heterocycles. The van der Waals surface area contributed by atoms with Gasteiger partial charge in [-0.2, -0.15) is 0 Å². The fraction of sp³-hybridized carbons (Fsp3) is 0.429. The smallest absolute Gasteiger partial charge is 0.251 e. The van der Waals surface area contributed by atoms with Gasteiger partial charge in [-0.25, -0.2) is 0 Å². The molecule has 1 aromatic rings. The largest absolute Gasteiger partial charge is 0.398 e. The Morgan fingerprint density at radius 2 is 1.95 bits per heavy atom. The van der Waals surface area contributed by atoms with Gasteiger partial charge in [-0.05, 0) is 31.0 Å². The SMILES string of the molecule is CCCNC(=O)CCNC(=O)c1cc(Br)cc(N)c1C. The second kappa shape index (κ2) is 7.89. The first kappa shape index (κ1) is 16.5. The van der Waals surface area contributed by atoms with Crippen LogP contribution in [0.25, 0.3) is 0 Å². The van der Waals surface area contributed by atoms with Crippen LogP contribution in [-0.2, 0) is 4.79 Å². The number of rotatable bonds is 6. The van der Waals surface area contributed by atoms with E-state index in [1.54, 1.807) is 19.1 Å². The molecule has 0 fully saturated rings. The number of halogens is 1. The Labute approximate surface area is 127 Å². The lowest BCUT2D eigenvalue weighted by Crippen LogP contribution is -2.31. The van der Waals surface area contributed by atoms with Crippen molar-refractivity contribution in [3.05, 3.63) is 27.7 Å². The second-order valence-electron chi connectivity index (χ2n) is 4.52. The Hall–Kier alpha value is -1.56. The average Bonchev–Trinajstić information content (AvgIpc) is 2.40. The van der Waals surface area contributed by atoms with Gasteiger partial charge < -0.3 is 16.4 Å². The number of benzene rings is 1. The van der Waals surface area contributed by atoms with E-state index in [1.165, 1.54) is 0 Å². The van der Waals surface area contributed by atoms with Crippen molar-refractivity contribution in [1.82, 2.24) is 10.6 Å². The van der Waals surface area contributed by atoms with Crippen molar-refractivity contribution in [2.24, 2.45) is 0 Å². The Morgan fingerprint density at radius 1 is 1.25 bits per heavy atom. The van der Waals surface area contributed by atoms with Gasteiger partial charge in [0.15, 0.2) is 0 Å². The number of nitrogen functional groups attached to an aromatic ring is 1. The lowest BCUT2D eigenvalue weighted by molar-refractivity contribution is -0.120. The molecule has 0 aliphatic carbocycles. The summed E-state index contributed by atoms with van der Waals surface area (Å²) in [6.45, 7) is 4.75. The number of nitrogens with one attached hydrogen (secondary N) is 2. The number of nitrogens with two attached hydrogens (primary N) is 1. The Bertz CT molecular complexity index is 503. The summed E-state index contributed by atoms with van der Waals surface area (Å²) in [6.07, 6.45) is 1.17. The van der Waals surface area contributed by atoms with Crippen LogP contribution in [0.1, 0.15) is 35.7 Å². The van der Waals surface area contributed by atoms with Gasteiger partial charge in [0.05, 0.1) is 0 Å². The Morgan fingerprint density at radius 3 is 2.60 bits per heavy atom. The van der Waals surface area contributed by atoms with E-state index in [2.05, 4.69) is 26.6 Å². The minimum Gasteiger partial charge on any atom is -0.398 e. The standard InChI is InChI=1S/C14H20BrN3O2/c1-3-5-17-13(19)4-6-18-14(20)11-7-10(15)8-12(16)9(11)2/h7-8H,3-6,16H2,1-2H3,(H,17,19)(H,18,20). The van der Waals surface area contributed by atoms with E-state index in [-0.39, 0.29) is 18.2 Å². The van der Waals surface area contributed by atoms with Crippen LogP contribution in [-0.4, -0.2) is 24.9 Å². The molecular weight excluding hydrogens is 322 g/mol. The maximum atomic E-state index is 12.0. The zero-order valence-electron chi connectivity index (χ0n) is 11.8. The van der Waals surface area contributed by atoms with Gasteiger partial charge in [-0.15, -0.1) is 0 Å². The minimum atomic E-state index is -0.223. The van der Waals surface area contributed by atoms with Crippen LogP contribution < -0.4 is 16.4 Å². The monoisotopic (exact) mass is 341 g/mol. The molecule has 0 aromatic heterocycles. The van der Waals surface area contributed by atoms with E-state index in [9.17, 15) is 9.59 Å². The number of amides is 2. The average molecular weight is 342 g/mol.